The van der Waals surface area contributed by atoms with Crippen LogP contribution >= 0.6 is 0 Å². The van der Waals surface area contributed by atoms with Gasteiger partial charge in [-0.2, -0.15) is 0 Å². The lowest BCUT2D eigenvalue weighted by Gasteiger charge is -2.23. The van der Waals surface area contributed by atoms with E-state index in [9.17, 15) is 9.50 Å². The molecule has 0 spiro atoms. The minimum Gasteiger partial charge on any atom is -0.508 e. The van der Waals surface area contributed by atoms with Crippen molar-refractivity contribution >= 4 is 0 Å². The predicted molar refractivity (Wildman–Crippen MR) is 60.8 cm³/mol. The second-order valence-corrected chi connectivity index (χ2v) is 4.18. The summed E-state index contributed by atoms with van der Waals surface area (Å²) in [5.41, 5.74) is 0.624. The SMILES string of the molecule is Oc1ccc(F)cc1CNC1CCNCC1. The molecule has 1 aliphatic rings. The van der Waals surface area contributed by atoms with Crippen LogP contribution in [0.1, 0.15) is 18.4 Å². The van der Waals surface area contributed by atoms with Gasteiger partial charge in [-0.15, -0.1) is 0 Å². The Morgan fingerprint density at radius 2 is 2.12 bits per heavy atom. The number of aromatic hydroxyl groups is 1. The highest BCUT2D eigenvalue weighted by atomic mass is 19.1. The van der Waals surface area contributed by atoms with Gasteiger partial charge in [-0.3, -0.25) is 0 Å². The first-order valence-electron chi connectivity index (χ1n) is 5.67. The predicted octanol–water partition coefficient (Wildman–Crippen LogP) is 1.37. The fourth-order valence-electron chi connectivity index (χ4n) is 1.98. The van der Waals surface area contributed by atoms with E-state index in [0.29, 0.717) is 18.2 Å². The van der Waals surface area contributed by atoms with Gasteiger partial charge in [-0.1, -0.05) is 0 Å². The van der Waals surface area contributed by atoms with Gasteiger partial charge >= 0.3 is 0 Å². The third-order valence-corrected chi connectivity index (χ3v) is 2.96. The molecule has 0 saturated carbocycles. The van der Waals surface area contributed by atoms with Crippen LogP contribution in [0, 0.1) is 5.82 Å². The van der Waals surface area contributed by atoms with E-state index in [-0.39, 0.29) is 11.6 Å². The van der Waals surface area contributed by atoms with Crippen LogP contribution in [0.3, 0.4) is 0 Å². The number of hydrogen-bond acceptors (Lipinski definition) is 3. The Balaban J connectivity index is 1.90. The molecule has 88 valence electrons. The number of phenols is 1. The molecule has 0 amide bonds. The monoisotopic (exact) mass is 224 g/mol. The van der Waals surface area contributed by atoms with Crippen LogP contribution in [-0.4, -0.2) is 24.2 Å². The molecule has 0 bridgehead atoms. The van der Waals surface area contributed by atoms with E-state index in [1.165, 1.54) is 18.2 Å². The van der Waals surface area contributed by atoms with Crippen LogP contribution in [0.2, 0.25) is 0 Å². The third kappa shape index (κ3) is 2.93. The molecule has 3 N–H and O–H groups in total. The molecule has 1 aliphatic heterocycles. The van der Waals surface area contributed by atoms with Gasteiger partial charge in [0.2, 0.25) is 0 Å². The normalized spacial score (nSPS) is 17.6. The lowest BCUT2D eigenvalue weighted by molar-refractivity contribution is 0.381. The van der Waals surface area contributed by atoms with E-state index in [4.69, 9.17) is 0 Å². The molecule has 1 aromatic rings. The molecule has 0 unspecified atom stereocenters. The van der Waals surface area contributed by atoms with Gasteiger partial charge in [0.15, 0.2) is 0 Å². The molecule has 3 nitrogen and oxygen atoms in total. The highest BCUT2D eigenvalue weighted by Gasteiger charge is 2.12. The smallest absolute Gasteiger partial charge is 0.123 e. The Kier molecular flexibility index (Phi) is 3.74. The second-order valence-electron chi connectivity index (χ2n) is 4.18. The Labute approximate surface area is 94.7 Å². The van der Waals surface area contributed by atoms with Crippen molar-refractivity contribution in [3.05, 3.63) is 29.6 Å². The highest BCUT2D eigenvalue weighted by molar-refractivity contribution is 5.32. The molecule has 16 heavy (non-hydrogen) atoms. The molecule has 0 aromatic heterocycles. The summed E-state index contributed by atoms with van der Waals surface area (Å²) in [5.74, 6) is -0.150. The average molecular weight is 224 g/mol. The number of hydrogen-bond donors (Lipinski definition) is 3. The number of phenolic OH excluding ortho intramolecular Hbond substituents is 1. The zero-order valence-corrected chi connectivity index (χ0v) is 9.17. The maximum Gasteiger partial charge on any atom is 0.123 e. The van der Waals surface area contributed by atoms with Crippen LogP contribution < -0.4 is 10.6 Å². The minimum absolute atomic E-state index is 0.155. The molecule has 0 atom stereocenters. The molecular formula is C12H17FN2O. The summed E-state index contributed by atoms with van der Waals surface area (Å²) in [5, 5.41) is 16.2. The van der Waals surface area contributed by atoms with Crippen LogP contribution in [0.4, 0.5) is 4.39 Å². The minimum atomic E-state index is -0.306. The molecule has 0 aliphatic carbocycles. The lowest BCUT2D eigenvalue weighted by atomic mass is 10.1. The average Bonchev–Trinajstić information content (AvgIpc) is 2.32. The molecule has 4 heteroatoms. The van der Waals surface area contributed by atoms with Gasteiger partial charge in [0.25, 0.3) is 0 Å². The summed E-state index contributed by atoms with van der Waals surface area (Å²) in [6, 6.07) is 4.51. The second kappa shape index (κ2) is 5.27. The zero-order valence-electron chi connectivity index (χ0n) is 9.17. The third-order valence-electron chi connectivity index (χ3n) is 2.96. The van der Waals surface area contributed by atoms with Crippen molar-refractivity contribution in [2.75, 3.05) is 13.1 Å². The fraction of sp³-hybridized carbons (Fsp3) is 0.500. The first kappa shape index (κ1) is 11.4. The summed E-state index contributed by atoms with van der Waals surface area (Å²) in [4.78, 5) is 0. The molecular weight excluding hydrogens is 207 g/mol. The van der Waals surface area contributed by atoms with Crippen LogP contribution in [-0.2, 0) is 6.54 Å². The summed E-state index contributed by atoms with van der Waals surface area (Å²) >= 11 is 0. The van der Waals surface area contributed by atoms with Crippen LogP contribution in [0.5, 0.6) is 5.75 Å². The Morgan fingerprint density at radius 3 is 2.88 bits per heavy atom. The van der Waals surface area contributed by atoms with Crippen molar-refractivity contribution in [3.63, 3.8) is 0 Å². The number of nitrogens with one attached hydrogen (secondary N) is 2. The van der Waals surface area contributed by atoms with Gasteiger partial charge in [0, 0.05) is 18.2 Å². The Bertz CT molecular complexity index is 351. The van der Waals surface area contributed by atoms with Crippen molar-refractivity contribution in [2.24, 2.45) is 0 Å². The van der Waals surface area contributed by atoms with E-state index in [2.05, 4.69) is 10.6 Å². The lowest BCUT2D eigenvalue weighted by Crippen LogP contribution is -2.39. The maximum atomic E-state index is 13.0. The summed E-state index contributed by atoms with van der Waals surface area (Å²) < 4.78 is 13.0. The molecule has 1 saturated heterocycles. The van der Waals surface area contributed by atoms with Gasteiger partial charge in [-0.05, 0) is 44.1 Å². The molecule has 1 aromatic carbocycles. The number of halogens is 1. The number of rotatable bonds is 3. The van der Waals surface area contributed by atoms with Gasteiger partial charge < -0.3 is 15.7 Å². The Hall–Kier alpha value is -1.13. The quantitative estimate of drug-likeness (QED) is 0.726. The number of benzene rings is 1. The van der Waals surface area contributed by atoms with Crippen LogP contribution in [0.15, 0.2) is 18.2 Å². The maximum absolute atomic E-state index is 13.0. The van der Waals surface area contributed by atoms with Crippen molar-refractivity contribution in [3.8, 4) is 5.75 Å². The molecule has 0 radical (unpaired) electrons. The summed E-state index contributed by atoms with van der Waals surface area (Å²) in [7, 11) is 0. The van der Waals surface area contributed by atoms with Crippen molar-refractivity contribution in [2.45, 2.75) is 25.4 Å². The van der Waals surface area contributed by atoms with Crippen molar-refractivity contribution in [1.29, 1.82) is 0 Å². The van der Waals surface area contributed by atoms with E-state index in [1.54, 1.807) is 0 Å². The summed E-state index contributed by atoms with van der Waals surface area (Å²) in [6.07, 6.45) is 2.16. The van der Waals surface area contributed by atoms with E-state index < -0.39 is 0 Å². The zero-order chi connectivity index (χ0) is 11.4. The van der Waals surface area contributed by atoms with Crippen molar-refractivity contribution in [1.82, 2.24) is 10.6 Å². The van der Waals surface area contributed by atoms with Crippen molar-refractivity contribution < 1.29 is 9.50 Å². The molecule has 1 heterocycles. The largest absolute Gasteiger partial charge is 0.508 e. The van der Waals surface area contributed by atoms with E-state index in [1.807, 2.05) is 0 Å². The fourth-order valence-corrected chi connectivity index (χ4v) is 1.98. The van der Waals surface area contributed by atoms with Gasteiger partial charge in [-0.25, -0.2) is 4.39 Å². The van der Waals surface area contributed by atoms with Gasteiger partial charge in [0.1, 0.15) is 11.6 Å². The topological polar surface area (TPSA) is 44.3 Å². The number of piperidine rings is 1. The first-order chi connectivity index (χ1) is 7.75. The first-order valence-corrected chi connectivity index (χ1v) is 5.67. The molecule has 1 fully saturated rings. The van der Waals surface area contributed by atoms with E-state index in [0.717, 1.165) is 25.9 Å². The summed E-state index contributed by atoms with van der Waals surface area (Å²) in [6.45, 7) is 2.56. The van der Waals surface area contributed by atoms with Crippen LogP contribution in [0.25, 0.3) is 0 Å². The molecule has 2 rings (SSSR count). The Morgan fingerprint density at radius 1 is 1.38 bits per heavy atom. The highest BCUT2D eigenvalue weighted by Crippen LogP contribution is 2.18. The van der Waals surface area contributed by atoms with Gasteiger partial charge in [0.05, 0.1) is 0 Å². The standard InChI is InChI=1S/C12H17FN2O/c13-10-1-2-12(16)9(7-10)8-15-11-3-5-14-6-4-11/h1-2,7,11,14-16H,3-6,8H2. The van der Waals surface area contributed by atoms with E-state index >= 15 is 0 Å².